The molecule has 0 saturated heterocycles. The van der Waals surface area contributed by atoms with Gasteiger partial charge in [-0.2, -0.15) is 0 Å². The van der Waals surface area contributed by atoms with Crippen LogP contribution in [0.3, 0.4) is 0 Å². The lowest BCUT2D eigenvalue weighted by Gasteiger charge is -2.03. The monoisotopic (exact) mass is 228 g/mol. The van der Waals surface area contributed by atoms with Gasteiger partial charge in [-0.25, -0.2) is 0 Å². The highest BCUT2D eigenvalue weighted by Gasteiger charge is 2.17. The van der Waals surface area contributed by atoms with Crippen LogP contribution in [0.25, 0.3) is 0 Å². The number of rotatable bonds is 1. The van der Waals surface area contributed by atoms with Gasteiger partial charge in [-0.1, -0.05) is 0 Å². The van der Waals surface area contributed by atoms with E-state index in [-0.39, 0.29) is 0 Å². The molecule has 0 bridgehead atoms. The van der Waals surface area contributed by atoms with Crippen LogP contribution in [0.2, 0.25) is 0 Å². The molecule has 2 heterocycles. The number of nitrogens with zero attached hydrogens (tertiary/aromatic N) is 1. The number of hydrogen-bond donors (Lipinski definition) is 1. The summed E-state index contributed by atoms with van der Waals surface area (Å²) in [5.74, 6) is 0.882. The van der Waals surface area contributed by atoms with Crippen molar-refractivity contribution in [2.45, 2.75) is 13.0 Å². The first-order valence-corrected chi connectivity index (χ1v) is 4.61. The van der Waals surface area contributed by atoms with Crippen molar-refractivity contribution in [3.8, 4) is 5.75 Å². The first-order chi connectivity index (χ1) is 5.81. The molecule has 0 unspecified atom stereocenters. The van der Waals surface area contributed by atoms with Crippen LogP contribution in [-0.2, 0) is 13.0 Å². The second kappa shape index (κ2) is 3.03. The Hall–Kier alpha value is -0.610. The molecule has 3 nitrogen and oxygen atoms in total. The molecule has 0 aliphatic carbocycles. The quantitative estimate of drug-likeness (QED) is 0.787. The lowest BCUT2D eigenvalue weighted by Crippen LogP contribution is -2.01. The molecule has 2 N–H and O–H groups in total. The molecule has 0 spiro atoms. The summed E-state index contributed by atoms with van der Waals surface area (Å²) >= 11 is 3.42. The highest BCUT2D eigenvalue weighted by atomic mass is 79.9. The van der Waals surface area contributed by atoms with E-state index in [1.807, 2.05) is 6.07 Å². The number of hydrogen-bond acceptors (Lipinski definition) is 3. The van der Waals surface area contributed by atoms with Crippen molar-refractivity contribution < 1.29 is 4.74 Å². The van der Waals surface area contributed by atoms with Gasteiger partial charge in [0.25, 0.3) is 0 Å². The van der Waals surface area contributed by atoms with Gasteiger partial charge in [0.2, 0.25) is 0 Å². The topological polar surface area (TPSA) is 48.1 Å². The van der Waals surface area contributed by atoms with Crippen LogP contribution in [0.15, 0.2) is 10.5 Å². The van der Waals surface area contributed by atoms with Crippen LogP contribution in [0, 0.1) is 0 Å². The van der Waals surface area contributed by atoms with Crippen molar-refractivity contribution in [1.29, 1.82) is 0 Å². The molecule has 0 aromatic carbocycles. The Bertz CT molecular complexity index is 314. The molecular weight excluding hydrogens is 220 g/mol. The molecule has 0 amide bonds. The molecule has 0 atom stereocenters. The number of aromatic nitrogens is 1. The van der Waals surface area contributed by atoms with E-state index in [0.717, 1.165) is 34.6 Å². The van der Waals surface area contributed by atoms with Crippen molar-refractivity contribution in [3.05, 3.63) is 21.9 Å². The molecule has 0 saturated carbocycles. The standard InChI is InChI=1S/C8H9BrN2O/c9-6-3-5(4-10)11-7-1-2-12-8(6)7/h3H,1-2,4,10H2. The predicted octanol–water partition coefficient (Wildman–Crippen LogP) is 1.24. The van der Waals surface area contributed by atoms with Crippen LogP contribution in [0.4, 0.5) is 0 Å². The van der Waals surface area contributed by atoms with Gasteiger partial charge in [-0.15, -0.1) is 0 Å². The molecular formula is C8H9BrN2O. The zero-order valence-corrected chi connectivity index (χ0v) is 8.10. The minimum Gasteiger partial charge on any atom is -0.490 e. The fourth-order valence-corrected chi connectivity index (χ4v) is 1.89. The van der Waals surface area contributed by atoms with Gasteiger partial charge in [0, 0.05) is 13.0 Å². The first kappa shape index (κ1) is 8.01. The minimum absolute atomic E-state index is 0.478. The number of pyridine rings is 1. The van der Waals surface area contributed by atoms with E-state index in [1.165, 1.54) is 0 Å². The van der Waals surface area contributed by atoms with Gasteiger partial charge in [0.05, 0.1) is 22.5 Å². The van der Waals surface area contributed by atoms with Gasteiger partial charge in [0.1, 0.15) is 0 Å². The average molecular weight is 229 g/mol. The normalized spacial score (nSPS) is 14.2. The zero-order valence-electron chi connectivity index (χ0n) is 6.51. The summed E-state index contributed by atoms with van der Waals surface area (Å²) in [5, 5.41) is 0. The third-order valence-electron chi connectivity index (χ3n) is 1.85. The van der Waals surface area contributed by atoms with E-state index in [1.54, 1.807) is 0 Å². The fraction of sp³-hybridized carbons (Fsp3) is 0.375. The summed E-state index contributed by atoms with van der Waals surface area (Å²) in [7, 11) is 0. The van der Waals surface area contributed by atoms with Crippen LogP contribution < -0.4 is 10.5 Å². The van der Waals surface area contributed by atoms with E-state index in [4.69, 9.17) is 10.5 Å². The van der Waals surface area contributed by atoms with E-state index in [0.29, 0.717) is 6.54 Å². The molecule has 64 valence electrons. The Morgan fingerprint density at radius 3 is 3.25 bits per heavy atom. The maximum Gasteiger partial charge on any atom is 0.155 e. The Labute approximate surface area is 79.1 Å². The number of ether oxygens (including phenoxy) is 1. The zero-order chi connectivity index (χ0) is 8.55. The summed E-state index contributed by atoms with van der Waals surface area (Å²) in [6, 6.07) is 1.91. The van der Waals surface area contributed by atoms with Crippen LogP contribution in [0.5, 0.6) is 5.75 Å². The second-order valence-electron chi connectivity index (χ2n) is 2.67. The summed E-state index contributed by atoms with van der Waals surface area (Å²) in [5.41, 5.74) is 7.42. The van der Waals surface area contributed by atoms with E-state index >= 15 is 0 Å². The Morgan fingerprint density at radius 2 is 2.50 bits per heavy atom. The molecule has 4 heteroatoms. The first-order valence-electron chi connectivity index (χ1n) is 3.82. The molecule has 0 radical (unpaired) electrons. The average Bonchev–Trinajstić information content (AvgIpc) is 2.52. The van der Waals surface area contributed by atoms with Crippen LogP contribution >= 0.6 is 15.9 Å². The lowest BCUT2D eigenvalue weighted by atomic mass is 10.2. The maximum absolute atomic E-state index is 5.49. The summed E-state index contributed by atoms with van der Waals surface area (Å²) < 4.78 is 6.34. The van der Waals surface area contributed by atoms with Crippen molar-refractivity contribution in [3.63, 3.8) is 0 Å². The molecule has 1 aromatic heterocycles. The van der Waals surface area contributed by atoms with Gasteiger partial charge < -0.3 is 10.5 Å². The molecule has 1 aliphatic heterocycles. The Balaban J connectivity index is 2.51. The minimum atomic E-state index is 0.478. The summed E-state index contributed by atoms with van der Waals surface area (Å²) in [6.45, 7) is 1.21. The van der Waals surface area contributed by atoms with Gasteiger partial charge in [-0.05, 0) is 22.0 Å². The second-order valence-corrected chi connectivity index (χ2v) is 3.53. The van der Waals surface area contributed by atoms with E-state index in [2.05, 4.69) is 20.9 Å². The van der Waals surface area contributed by atoms with Crippen molar-refractivity contribution in [1.82, 2.24) is 4.98 Å². The lowest BCUT2D eigenvalue weighted by molar-refractivity contribution is 0.355. The number of fused-ring (bicyclic) bond motifs is 1. The number of halogens is 1. The highest BCUT2D eigenvalue weighted by molar-refractivity contribution is 9.10. The van der Waals surface area contributed by atoms with Crippen LogP contribution in [0.1, 0.15) is 11.4 Å². The maximum atomic E-state index is 5.49. The Kier molecular flexibility index (Phi) is 2.02. The molecule has 0 fully saturated rings. The number of nitrogens with two attached hydrogens (primary N) is 1. The van der Waals surface area contributed by atoms with Gasteiger partial charge in [0.15, 0.2) is 5.75 Å². The highest BCUT2D eigenvalue weighted by Crippen LogP contribution is 2.32. The Morgan fingerprint density at radius 1 is 1.67 bits per heavy atom. The summed E-state index contributed by atoms with van der Waals surface area (Å²) in [4.78, 5) is 4.35. The fourth-order valence-electron chi connectivity index (χ4n) is 1.28. The van der Waals surface area contributed by atoms with E-state index in [9.17, 15) is 0 Å². The molecule has 1 aliphatic rings. The van der Waals surface area contributed by atoms with Crippen molar-refractivity contribution in [2.75, 3.05) is 6.61 Å². The molecule has 12 heavy (non-hydrogen) atoms. The van der Waals surface area contributed by atoms with Gasteiger partial charge >= 0.3 is 0 Å². The predicted molar refractivity (Wildman–Crippen MR) is 49.0 cm³/mol. The van der Waals surface area contributed by atoms with E-state index < -0.39 is 0 Å². The smallest absolute Gasteiger partial charge is 0.155 e. The van der Waals surface area contributed by atoms with Crippen LogP contribution in [-0.4, -0.2) is 11.6 Å². The van der Waals surface area contributed by atoms with Crippen molar-refractivity contribution >= 4 is 15.9 Å². The molecule has 1 aromatic rings. The molecule has 2 rings (SSSR count). The third kappa shape index (κ3) is 1.21. The summed E-state index contributed by atoms with van der Waals surface area (Å²) in [6.07, 6.45) is 0.891. The SMILES string of the molecule is NCc1cc(Br)c2c(n1)CCO2. The largest absolute Gasteiger partial charge is 0.490 e. The van der Waals surface area contributed by atoms with Gasteiger partial charge in [-0.3, -0.25) is 4.98 Å². The third-order valence-corrected chi connectivity index (χ3v) is 2.43. The van der Waals surface area contributed by atoms with Crippen molar-refractivity contribution in [2.24, 2.45) is 5.73 Å².